The van der Waals surface area contributed by atoms with Gasteiger partial charge < -0.3 is 10.1 Å². The van der Waals surface area contributed by atoms with Crippen LogP contribution in [0.3, 0.4) is 0 Å². The number of rotatable bonds is 7. The molecule has 1 aromatic carbocycles. The van der Waals surface area contributed by atoms with E-state index in [-0.39, 0.29) is 18.6 Å². The Bertz CT molecular complexity index is 541. The van der Waals surface area contributed by atoms with E-state index in [1.165, 1.54) is 0 Å². The third-order valence-corrected chi connectivity index (χ3v) is 3.79. The van der Waals surface area contributed by atoms with Crippen molar-refractivity contribution < 1.29 is 9.53 Å². The van der Waals surface area contributed by atoms with Crippen molar-refractivity contribution in [3.05, 3.63) is 46.9 Å². The first kappa shape index (κ1) is 15.5. The van der Waals surface area contributed by atoms with Gasteiger partial charge in [-0.05, 0) is 24.5 Å². The van der Waals surface area contributed by atoms with Crippen molar-refractivity contribution in [3.63, 3.8) is 0 Å². The van der Waals surface area contributed by atoms with E-state index in [4.69, 9.17) is 4.74 Å². The van der Waals surface area contributed by atoms with Gasteiger partial charge in [-0.2, -0.15) is 0 Å². The van der Waals surface area contributed by atoms with Crippen molar-refractivity contribution in [2.75, 3.05) is 6.61 Å². The van der Waals surface area contributed by atoms with E-state index in [1.807, 2.05) is 35.7 Å². The van der Waals surface area contributed by atoms with E-state index in [1.54, 1.807) is 17.5 Å². The number of amides is 1. The van der Waals surface area contributed by atoms with Crippen molar-refractivity contribution in [2.45, 2.75) is 26.3 Å². The number of carbonyl (C=O) groups excluding carboxylic acids is 1. The Balaban J connectivity index is 1.89. The van der Waals surface area contributed by atoms with Crippen LogP contribution in [-0.2, 0) is 4.79 Å². The quantitative estimate of drug-likeness (QED) is 0.852. The average Bonchev–Trinajstić information content (AvgIpc) is 2.99. The zero-order valence-electron chi connectivity index (χ0n) is 12.3. The molecular formula is C16H20N2O2S. The average molecular weight is 304 g/mol. The lowest BCUT2D eigenvalue weighted by Crippen LogP contribution is -2.33. The van der Waals surface area contributed by atoms with Crippen molar-refractivity contribution >= 4 is 17.2 Å². The minimum atomic E-state index is -0.125. The van der Waals surface area contributed by atoms with Crippen molar-refractivity contribution in [1.82, 2.24) is 10.3 Å². The Kier molecular flexibility index (Phi) is 5.75. The molecule has 1 atom stereocenters. The second-order valence-corrected chi connectivity index (χ2v) is 6.15. The Hall–Kier alpha value is -1.88. The molecule has 2 aromatic rings. The zero-order chi connectivity index (χ0) is 15.1. The molecular weight excluding hydrogens is 284 g/mol. The largest absolute Gasteiger partial charge is 0.484 e. The highest BCUT2D eigenvalue weighted by Crippen LogP contribution is 2.23. The van der Waals surface area contributed by atoms with E-state index in [2.05, 4.69) is 24.1 Å². The molecule has 1 N–H and O–H groups in total. The lowest BCUT2D eigenvalue weighted by atomic mass is 10.0. The smallest absolute Gasteiger partial charge is 0.258 e. The lowest BCUT2D eigenvalue weighted by molar-refractivity contribution is -0.124. The molecule has 1 unspecified atom stereocenters. The maximum Gasteiger partial charge on any atom is 0.258 e. The highest BCUT2D eigenvalue weighted by Gasteiger charge is 2.18. The molecule has 0 saturated carbocycles. The summed E-state index contributed by atoms with van der Waals surface area (Å²) in [6.45, 7) is 4.28. The Morgan fingerprint density at radius 2 is 2.10 bits per heavy atom. The van der Waals surface area contributed by atoms with Gasteiger partial charge in [0.2, 0.25) is 0 Å². The van der Waals surface area contributed by atoms with Crippen molar-refractivity contribution in [3.8, 4) is 5.75 Å². The lowest BCUT2D eigenvalue weighted by Gasteiger charge is -2.18. The van der Waals surface area contributed by atoms with Gasteiger partial charge in [-0.25, -0.2) is 4.98 Å². The number of aromatic nitrogens is 1. The van der Waals surface area contributed by atoms with E-state index < -0.39 is 0 Å². The number of nitrogens with one attached hydrogen (secondary N) is 1. The zero-order valence-corrected chi connectivity index (χ0v) is 13.1. The molecule has 0 bridgehead atoms. The van der Waals surface area contributed by atoms with Gasteiger partial charge in [0, 0.05) is 11.6 Å². The van der Waals surface area contributed by atoms with Gasteiger partial charge >= 0.3 is 0 Å². The number of thiazole rings is 1. The number of hydrogen-bond acceptors (Lipinski definition) is 4. The minimum absolute atomic E-state index is 0.0178. The first-order chi connectivity index (χ1) is 10.1. The van der Waals surface area contributed by atoms with E-state index in [0.717, 1.165) is 11.4 Å². The molecule has 1 amide bonds. The van der Waals surface area contributed by atoms with Crippen LogP contribution in [0.25, 0.3) is 0 Å². The van der Waals surface area contributed by atoms with Gasteiger partial charge in [-0.15, -0.1) is 11.3 Å². The molecule has 5 heteroatoms. The van der Waals surface area contributed by atoms with Crippen molar-refractivity contribution in [2.24, 2.45) is 5.92 Å². The molecule has 0 spiro atoms. The minimum Gasteiger partial charge on any atom is -0.484 e. The summed E-state index contributed by atoms with van der Waals surface area (Å²) in [6.07, 6.45) is 2.63. The topological polar surface area (TPSA) is 51.2 Å². The third-order valence-electron chi connectivity index (χ3n) is 2.90. The second-order valence-electron chi connectivity index (χ2n) is 5.22. The summed E-state index contributed by atoms with van der Waals surface area (Å²) < 4.78 is 5.46. The molecule has 0 fully saturated rings. The Morgan fingerprint density at radius 1 is 1.33 bits per heavy atom. The first-order valence-electron chi connectivity index (χ1n) is 7.01. The van der Waals surface area contributed by atoms with Crippen LogP contribution in [0, 0.1) is 5.92 Å². The third kappa shape index (κ3) is 5.19. The van der Waals surface area contributed by atoms with Crippen LogP contribution >= 0.6 is 11.3 Å². The van der Waals surface area contributed by atoms with Gasteiger partial charge in [0.05, 0.1) is 6.04 Å². The summed E-state index contributed by atoms with van der Waals surface area (Å²) in [4.78, 5) is 16.3. The molecule has 112 valence electrons. The van der Waals surface area contributed by atoms with Crippen LogP contribution in [0.15, 0.2) is 41.9 Å². The number of nitrogens with zero attached hydrogens (tertiary/aromatic N) is 1. The van der Waals surface area contributed by atoms with E-state index >= 15 is 0 Å². The van der Waals surface area contributed by atoms with Crippen LogP contribution in [0.5, 0.6) is 5.75 Å². The molecule has 2 rings (SSSR count). The van der Waals surface area contributed by atoms with Crippen LogP contribution in [-0.4, -0.2) is 17.5 Å². The summed E-state index contributed by atoms with van der Waals surface area (Å²) in [7, 11) is 0. The summed E-state index contributed by atoms with van der Waals surface area (Å²) in [6, 6.07) is 9.29. The maximum absolute atomic E-state index is 12.0. The number of carbonyl (C=O) groups is 1. The standard InChI is InChI=1S/C16H20N2O2S/c1-12(2)10-14(16-17-8-9-21-16)18-15(19)11-20-13-6-4-3-5-7-13/h3-9,12,14H,10-11H2,1-2H3,(H,18,19). The number of benzene rings is 1. The van der Waals surface area contributed by atoms with E-state index in [0.29, 0.717) is 11.7 Å². The maximum atomic E-state index is 12.0. The molecule has 21 heavy (non-hydrogen) atoms. The normalized spacial score (nSPS) is 12.1. The highest BCUT2D eigenvalue weighted by atomic mass is 32.1. The van der Waals surface area contributed by atoms with Gasteiger partial charge in [-0.1, -0.05) is 32.0 Å². The number of hydrogen-bond donors (Lipinski definition) is 1. The monoisotopic (exact) mass is 304 g/mol. The van der Waals surface area contributed by atoms with Crippen LogP contribution in [0.4, 0.5) is 0 Å². The number of ether oxygens (including phenoxy) is 1. The first-order valence-corrected chi connectivity index (χ1v) is 7.89. The van der Waals surface area contributed by atoms with Gasteiger partial charge in [0.1, 0.15) is 10.8 Å². The SMILES string of the molecule is CC(C)CC(NC(=O)COc1ccccc1)c1nccs1. The van der Waals surface area contributed by atoms with Gasteiger partial charge in [0.25, 0.3) is 5.91 Å². The molecule has 0 aliphatic rings. The fourth-order valence-electron chi connectivity index (χ4n) is 2.00. The molecule has 4 nitrogen and oxygen atoms in total. The van der Waals surface area contributed by atoms with E-state index in [9.17, 15) is 4.79 Å². The Labute approximate surface area is 129 Å². The fourth-order valence-corrected chi connectivity index (χ4v) is 2.70. The summed E-state index contributed by atoms with van der Waals surface area (Å²) in [5.41, 5.74) is 0. The Morgan fingerprint density at radius 3 is 2.71 bits per heavy atom. The molecule has 0 aliphatic heterocycles. The van der Waals surface area contributed by atoms with Crippen LogP contribution in [0.1, 0.15) is 31.3 Å². The highest BCUT2D eigenvalue weighted by molar-refractivity contribution is 7.09. The summed E-state index contributed by atoms with van der Waals surface area (Å²) >= 11 is 1.56. The molecule has 0 saturated heterocycles. The van der Waals surface area contributed by atoms with Gasteiger partial charge in [-0.3, -0.25) is 4.79 Å². The van der Waals surface area contributed by atoms with Crippen LogP contribution in [0.2, 0.25) is 0 Å². The molecule has 1 heterocycles. The summed E-state index contributed by atoms with van der Waals surface area (Å²) in [5, 5.41) is 5.87. The van der Waals surface area contributed by atoms with Crippen LogP contribution < -0.4 is 10.1 Å². The van der Waals surface area contributed by atoms with Crippen molar-refractivity contribution in [1.29, 1.82) is 0 Å². The molecule has 0 aliphatic carbocycles. The number of para-hydroxylation sites is 1. The fraction of sp³-hybridized carbons (Fsp3) is 0.375. The second kappa shape index (κ2) is 7.78. The predicted octanol–water partition coefficient (Wildman–Crippen LogP) is 3.43. The summed E-state index contributed by atoms with van der Waals surface area (Å²) in [5.74, 6) is 1.05. The predicted molar refractivity (Wildman–Crippen MR) is 84.4 cm³/mol. The van der Waals surface area contributed by atoms with Gasteiger partial charge in [0.15, 0.2) is 6.61 Å². The molecule has 0 radical (unpaired) electrons. The molecule has 1 aromatic heterocycles.